The molecule has 0 aliphatic carbocycles. The van der Waals surface area contributed by atoms with Crippen LogP contribution in [0.5, 0.6) is 5.75 Å². The van der Waals surface area contributed by atoms with Crippen LogP contribution in [0.1, 0.15) is 30.3 Å². The number of benzene rings is 1. The summed E-state index contributed by atoms with van der Waals surface area (Å²) in [5.74, 6) is 0.954. The molecule has 2 rings (SSSR count). The monoisotopic (exact) mass is 295 g/mol. The maximum absolute atomic E-state index is 10.4. The van der Waals surface area contributed by atoms with E-state index >= 15 is 0 Å². The summed E-state index contributed by atoms with van der Waals surface area (Å²) in [6.45, 7) is 2.85. The molecule has 2 aromatic rings. The number of aliphatic hydroxyl groups excluding tert-OH is 1. The molecule has 2 unspecified atom stereocenters. The molecule has 108 valence electrons. The van der Waals surface area contributed by atoms with Crippen LogP contribution in [-0.4, -0.2) is 18.3 Å². The number of hydrogen-bond donors (Lipinski definition) is 2. The van der Waals surface area contributed by atoms with Crippen LogP contribution in [0.2, 0.25) is 5.22 Å². The topological polar surface area (TPSA) is 68.6 Å². The van der Waals surface area contributed by atoms with Crippen LogP contribution in [0, 0.1) is 0 Å². The van der Waals surface area contributed by atoms with Crippen LogP contribution in [-0.2, 0) is 0 Å². The molecule has 0 aliphatic rings. The minimum Gasteiger partial charge on any atom is -0.494 e. The third-order valence-electron chi connectivity index (χ3n) is 3.14. The average Bonchev–Trinajstić information content (AvgIpc) is 2.88. The van der Waals surface area contributed by atoms with Gasteiger partial charge in [0.1, 0.15) is 17.6 Å². The van der Waals surface area contributed by atoms with Gasteiger partial charge in [-0.15, -0.1) is 0 Å². The Bertz CT molecular complexity index is 538. The summed E-state index contributed by atoms with van der Waals surface area (Å²) >= 11 is 5.73. The minimum absolute atomic E-state index is 0.251. The number of nitrogens with two attached hydrogens (primary N) is 1. The van der Waals surface area contributed by atoms with Gasteiger partial charge < -0.3 is 20.0 Å². The third-order valence-corrected chi connectivity index (χ3v) is 3.34. The molecule has 0 aliphatic heterocycles. The third kappa shape index (κ3) is 3.33. The summed E-state index contributed by atoms with van der Waals surface area (Å²) in [5, 5.41) is 10.6. The first kappa shape index (κ1) is 14.9. The zero-order valence-electron chi connectivity index (χ0n) is 11.3. The molecule has 1 aromatic heterocycles. The van der Waals surface area contributed by atoms with Crippen LogP contribution < -0.4 is 10.5 Å². The lowest BCUT2D eigenvalue weighted by Gasteiger charge is -2.20. The molecular formula is C15H18ClNO3. The van der Waals surface area contributed by atoms with E-state index in [2.05, 4.69) is 0 Å². The predicted octanol–water partition coefficient (Wildman–Crippen LogP) is 3.11. The zero-order valence-corrected chi connectivity index (χ0v) is 12.0. The van der Waals surface area contributed by atoms with Gasteiger partial charge in [0.05, 0.1) is 6.61 Å². The predicted molar refractivity (Wildman–Crippen MR) is 78.1 cm³/mol. The van der Waals surface area contributed by atoms with Crippen molar-refractivity contribution >= 4 is 11.6 Å². The van der Waals surface area contributed by atoms with Crippen molar-refractivity contribution in [2.24, 2.45) is 5.73 Å². The van der Waals surface area contributed by atoms with Crippen LogP contribution in [0.4, 0.5) is 0 Å². The molecule has 0 radical (unpaired) electrons. The Kier molecular flexibility index (Phi) is 5.06. The van der Waals surface area contributed by atoms with Gasteiger partial charge in [0, 0.05) is 12.5 Å². The molecule has 2 atom stereocenters. The Morgan fingerprint density at radius 1 is 1.25 bits per heavy atom. The highest BCUT2D eigenvalue weighted by atomic mass is 35.5. The first-order valence-corrected chi connectivity index (χ1v) is 6.89. The number of aliphatic hydroxyl groups is 1. The van der Waals surface area contributed by atoms with Gasteiger partial charge in [-0.2, -0.15) is 0 Å². The first-order valence-electron chi connectivity index (χ1n) is 6.51. The van der Waals surface area contributed by atoms with Crippen LogP contribution in [0.3, 0.4) is 0 Å². The molecule has 0 saturated carbocycles. The molecule has 0 fully saturated rings. The molecule has 0 spiro atoms. The number of furan rings is 1. The van der Waals surface area contributed by atoms with E-state index in [1.54, 1.807) is 12.1 Å². The van der Waals surface area contributed by atoms with Crippen molar-refractivity contribution < 1.29 is 14.3 Å². The van der Waals surface area contributed by atoms with Crippen molar-refractivity contribution in [3.05, 3.63) is 52.9 Å². The Balaban J connectivity index is 2.18. The lowest BCUT2D eigenvalue weighted by atomic mass is 9.92. The number of ether oxygens (including phenoxy) is 1. The Morgan fingerprint density at radius 3 is 2.45 bits per heavy atom. The Hall–Kier alpha value is -1.49. The van der Waals surface area contributed by atoms with Gasteiger partial charge in [0.2, 0.25) is 0 Å². The lowest BCUT2D eigenvalue weighted by Crippen LogP contribution is -2.19. The average molecular weight is 296 g/mol. The van der Waals surface area contributed by atoms with Crippen molar-refractivity contribution in [1.82, 2.24) is 0 Å². The number of hydrogen-bond acceptors (Lipinski definition) is 4. The maximum Gasteiger partial charge on any atom is 0.193 e. The van der Waals surface area contributed by atoms with Gasteiger partial charge in [-0.25, -0.2) is 0 Å². The van der Waals surface area contributed by atoms with E-state index in [0.717, 1.165) is 11.3 Å². The molecule has 20 heavy (non-hydrogen) atoms. The van der Waals surface area contributed by atoms with Gasteiger partial charge in [-0.1, -0.05) is 12.1 Å². The SMILES string of the molecule is CCOc1ccc(C(CN)C(O)c2ccc(Cl)o2)cc1. The normalized spacial score (nSPS) is 14.0. The van der Waals surface area contributed by atoms with Crippen LogP contribution in [0.25, 0.3) is 0 Å². The van der Waals surface area contributed by atoms with Crippen molar-refractivity contribution in [2.45, 2.75) is 18.9 Å². The summed E-state index contributed by atoms with van der Waals surface area (Å²) in [6, 6.07) is 10.8. The second-order valence-corrected chi connectivity index (χ2v) is 4.80. The highest BCUT2D eigenvalue weighted by molar-refractivity contribution is 6.28. The van der Waals surface area contributed by atoms with Crippen molar-refractivity contribution in [1.29, 1.82) is 0 Å². The van der Waals surface area contributed by atoms with E-state index in [9.17, 15) is 5.11 Å². The van der Waals surface area contributed by atoms with Crippen molar-refractivity contribution in [2.75, 3.05) is 13.2 Å². The summed E-state index contributed by atoms with van der Waals surface area (Å²) < 4.78 is 10.6. The Morgan fingerprint density at radius 2 is 1.95 bits per heavy atom. The fraction of sp³-hybridized carbons (Fsp3) is 0.333. The van der Waals surface area contributed by atoms with E-state index in [4.69, 9.17) is 26.5 Å². The fourth-order valence-corrected chi connectivity index (χ4v) is 2.26. The van der Waals surface area contributed by atoms with Gasteiger partial charge in [0.15, 0.2) is 5.22 Å². The molecule has 5 heteroatoms. The van der Waals surface area contributed by atoms with E-state index in [1.165, 1.54) is 0 Å². The molecule has 4 nitrogen and oxygen atoms in total. The second-order valence-electron chi connectivity index (χ2n) is 4.43. The standard InChI is InChI=1S/C15H18ClNO3/c1-2-19-11-5-3-10(4-6-11)12(9-17)15(18)13-7-8-14(16)20-13/h3-8,12,15,18H,2,9,17H2,1H3. The summed E-state index contributed by atoms with van der Waals surface area (Å²) in [7, 11) is 0. The summed E-state index contributed by atoms with van der Waals surface area (Å²) in [4.78, 5) is 0. The summed E-state index contributed by atoms with van der Waals surface area (Å²) in [6.07, 6.45) is -0.828. The van der Waals surface area contributed by atoms with Gasteiger partial charge in [0.25, 0.3) is 0 Å². The molecule has 1 aromatic carbocycles. The maximum atomic E-state index is 10.4. The van der Waals surface area contributed by atoms with Gasteiger partial charge >= 0.3 is 0 Å². The quantitative estimate of drug-likeness (QED) is 0.859. The highest BCUT2D eigenvalue weighted by Crippen LogP contribution is 2.32. The largest absolute Gasteiger partial charge is 0.494 e. The second kappa shape index (κ2) is 6.79. The highest BCUT2D eigenvalue weighted by Gasteiger charge is 2.24. The molecular weight excluding hydrogens is 278 g/mol. The lowest BCUT2D eigenvalue weighted by molar-refractivity contribution is 0.122. The van der Waals surface area contributed by atoms with Gasteiger partial charge in [-0.05, 0) is 48.4 Å². The van der Waals surface area contributed by atoms with Crippen LogP contribution in [0.15, 0.2) is 40.8 Å². The van der Waals surface area contributed by atoms with E-state index in [-0.39, 0.29) is 11.1 Å². The molecule has 0 bridgehead atoms. The zero-order chi connectivity index (χ0) is 14.5. The number of rotatable bonds is 6. The minimum atomic E-state index is -0.828. The Labute approximate surface area is 123 Å². The molecule has 0 saturated heterocycles. The van der Waals surface area contributed by atoms with Crippen molar-refractivity contribution in [3.63, 3.8) is 0 Å². The van der Waals surface area contributed by atoms with Gasteiger partial charge in [-0.3, -0.25) is 0 Å². The fourth-order valence-electron chi connectivity index (χ4n) is 2.11. The first-order chi connectivity index (χ1) is 9.65. The van der Waals surface area contributed by atoms with E-state index in [1.807, 2.05) is 31.2 Å². The molecule has 0 amide bonds. The van der Waals surface area contributed by atoms with E-state index < -0.39 is 6.10 Å². The summed E-state index contributed by atoms with van der Waals surface area (Å²) in [5.41, 5.74) is 6.71. The molecule has 3 N–H and O–H groups in total. The van der Waals surface area contributed by atoms with Crippen LogP contribution >= 0.6 is 11.6 Å². The molecule has 1 heterocycles. The smallest absolute Gasteiger partial charge is 0.193 e. The number of halogens is 1. The van der Waals surface area contributed by atoms with Crippen molar-refractivity contribution in [3.8, 4) is 5.75 Å². The van der Waals surface area contributed by atoms with E-state index in [0.29, 0.717) is 18.9 Å².